The zero-order valence-corrected chi connectivity index (χ0v) is 18.7. The second kappa shape index (κ2) is 9.53. The zero-order chi connectivity index (χ0) is 22.6. The Morgan fingerprint density at radius 3 is 2.42 bits per heavy atom. The van der Waals surface area contributed by atoms with Crippen LogP contribution >= 0.6 is 23.4 Å². The minimum atomic E-state index is -4.42. The molecule has 4 nitrogen and oxygen atoms in total. The quantitative estimate of drug-likeness (QED) is 0.475. The van der Waals surface area contributed by atoms with E-state index in [2.05, 4.69) is 23.6 Å². The molecular formula is C22H23ClF3N3OS. The van der Waals surface area contributed by atoms with Gasteiger partial charge >= 0.3 is 12.2 Å². The van der Waals surface area contributed by atoms with Gasteiger partial charge in [0.15, 0.2) is 0 Å². The van der Waals surface area contributed by atoms with Gasteiger partial charge in [-0.1, -0.05) is 30.7 Å². The highest BCUT2D eigenvalue weighted by Gasteiger charge is 2.41. The number of nitrogens with zero attached hydrogens (tertiary/aromatic N) is 2. The van der Waals surface area contributed by atoms with Crippen molar-refractivity contribution in [2.45, 2.75) is 25.9 Å². The van der Waals surface area contributed by atoms with Crippen molar-refractivity contribution in [2.24, 2.45) is 10.5 Å². The molecule has 1 heterocycles. The smallest absolute Gasteiger partial charge is 0.306 e. The monoisotopic (exact) mass is 469 g/mol. The molecule has 1 aliphatic rings. The maximum atomic E-state index is 12.8. The Morgan fingerprint density at radius 2 is 1.84 bits per heavy atom. The van der Waals surface area contributed by atoms with Gasteiger partial charge in [-0.3, -0.25) is 0 Å². The highest BCUT2D eigenvalue weighted by atomic mass is 35.5. The number of carbonyl (C=O) groups is 1. The summed E-state index contributed by atoms with van der Waals surface area (Å²) in [6, 6.07) is 11.2. The summed E-state index contributed by atoms with van der Waals surface area (Å²) in [5.74, 6) is 1.00. The van der Waals surface area contributed by atoms with E-state index in [1.54, 1.807) is 23.9 Å². The van der Waals surface area contributed by atoms with Crippen molar-refractivity contribution in [1.82, 2.24) is 5.01 Å². The number of hydrogen-bond donors (Lipinski definition) is 1. The first kappa shape index (κ1) is 23.5. The van der Waals surface area contributed by atoms with E-state index < -0.39 is 17.8 Å². The van der Waals surface area contributed by atoms with Crippen LogP contribution in [0.15, 0.2) is 53.6 Å². The first-order valence-electron chi connectivity index (χ1n) is 9.72. The predicted octanol–water partition coefficient (Wildman–Crippen LogP) is 6.76. The number of urea groups is 1. The lowest BCUT2D eigenvalue weighted by Gasteiger charge is -2.26. The Labute approximate surface area is 188 Å². The average Bonchev–Trinajstić information content (AvgIpc) is 3.06. The van der Waals surface area contributed by atoms with Gasteiger partial charge in [0.2, 0.25) is 0 Å². The number of hydrogen-bond acceptors (Lipinski definition) is 3. The molecule has 3 rings (SSSR count). The molecule has 1 aliphatic heterocycles. The van der Waals surface area contributed by atoms with E-state index in [-0.39, 0.29) is 11.1 Å². The minimum absolute atomic E-state index is 0.275. The maximum Gasteiger partial charge on any atom is 0.416 e. The third-order valence-corrected chi connectivity index (χ3v) is 6.13. The molecule has 0 fully saturated rings. The number of halogens is 4. The number of alkyl halides is 3. The molecule has 1 atom stereocenters. The Morgan fingerprint density at radius 1 is 1.19 bits per heavy atom. The van der Waals surface area contributed by atoms with E-state index in [9.17, 15) is 18.0 Å². The molecule has 0 radical (unpaired) electrons. The molecule has 0 bridgehead atoms. The van der Waals surface area contributed by atoms with Gasteiger partial charge in [0.25, 0.3) is 0 Å². The first-order chi connectivity index (χ1) is 14.6. The van der Waals surface area contributed by atoms with Crippen LogP contribution in [-0.2, 0) is 6.18 Å². The summed E-state index contributed by atoms with van der Waals surface area (Å²) in [6.45, 7) is 2.46. The minimum Gasteiger partial charge on any atom is -0.306 e. The Hall–Kier alpha value is -2.19. The van der Waals surface area contributed by atoms with Gasteiger partial charge in [-0.2, -0.15) is 30.0 Å². The summed E-state index contributed by atoms with van der Waals surface area (Å²) in [4.78, 5) is 12.8. The van der Waals surface area contributed by atoms with Crippen LogP contribution in [-0.4, -0.2) is 35.3 Å². The van der Waals surface area contributed by atoms with Crippen LogP contribution in [0.4, 0.5) is 23.7 Å². The summed E-state index contributed by atoms with van der Waals surface area (Å²) in [6.07, 6.45) is -0.555. The normalized spacial score (nSPS) is 18.8. The number of amides is 2. The highest BCUT2D eigenvalue weighted by molar-refractivity contribution is 7.98. The van der Waals surface area contributed by atoms with Crippen LogP contribution in [0.25, 0.3) is 0 Å². The number of anilines is 1. The third-order valence-electron chi connectivity index (χ3n) is 5.18. The maximum absolute atomic E-state index is 12.8. The summed E-state index contributed by atoms with van der Waals surface area (Å²) < 4.78 is 38.2. The molecule has 0 saturated heterocycles. The largest absolute Gasteiger partial charge is 0.416 e. The molecule has 2 aromatic rings. The van der Waals surface area contributed by atoms with E-state index in [1.807, 2.05) is 12.1 Å². The lowest BCUT2D eigenvalue weighted by Crippen LogP contribution is -2.35. The summed E-state index contributed by atoms with van der Waals surface area (Å²) in [7, 11) is 0. The molecule has 166 valence electrons. The van der Waals surface area contributed by atoms with Gasteiger partial charge < -0.3 is 5.32 Å². The van der Waals surface area contributed by atoms with Crippen molar-refractivity contribution in [3.8, 4) is 0 Å². The average molecular weight is 470 g/mol. The molecule has 2 amide bonds. The number of benzene rings is 2. The van der Waals surface area contributed by atoms with Crippen molar-refractivity contribution < 1.29 is 18.0 Å². The molecule has 0 saturated carbocycles. The fourth-order valence-electron chi connectivity index (χ4n) is 3.55. The van der Waals surface area contributed by atoms with Crippen LogP contribution in [0.3, 0.4) is 0 Å². The van der Waals surface area contributed by atoms with Gasteiger partial charge in [-0.15, -0.1) is 0 Å². The number of carbonyl (C=O) groups excluding carboxylic acids is 1. The summed E-state index contributed by atoms with van der Waals surface area (Å²) in [5, 5.41) is 9.18. The SMILES string of the molecule is CSCCCC1(C)CN(C(=O)Nc2ccc(C(F)(F)F)cc2)N=C1c1ccc(Cl)cc1. The molecule has 0 aliphatic carbocycles. The van der Waals surface area contributed by atoms with E-state index in [1.165, 1.54) is 17.1 Å². The van der Waals surface area contributed by atoms with Crippen LogP contribution in [0.2, 0.25) is 5.02 Å². The first-order valence-corrected chi connectivity index (χ1v) is 11.5. The summed E-state index contributed by atoms with van der Waals surface area (Å²) in [5.41, 5.74) is 0.850. The van der Waals surface area contributed by atoms with E-state index in [4.69, 9.17) is 11.6 Å². The zero-order valence-electron chi connectivity index (χ0n) is 17.2. The van der Waals surface area contributed by atoms with Crippen molar-refractivity contribution in [2.75, 3.05) is 23.9 Å². The van der Waals surface area contributed by atoms with Gasteiger partial charge in [-0.05, 0) is 66.8 Å². The topological polar surface area (TPSA) is 44.7 Å². The highest BCUT2D eigenvalue weighted by Crippen LogP contribution is 2.36. The Kier molecular flexibility index (Phi) is 7.21. The number of nitrogens with one attached hydrogen (secondary N) is 1. The Balaban J connectivity index is 1.80. The van der Waals surface area contributed by atoms with E-state index in [0.717, 1.165) is 42.0 Å². The lowest BCUT2D eigenvalue weighted by atomic mass is 9.78. The summed E-state index contributed by atoms with van der Waals surface area (Å²) >= 11 is 7.78. The molecule has 9 heteroatoms. The van der Waals surface area contributed by atoms with E-state index in [0.29, 0.717) is 11.6 Å². The van der Waals surface area contributed by atoms with Crippen LogP contribution < -0.4 is 5.32 Å². The lowest BCUT2D eigenvalue weighted by molar-refractivity contribution is -0.137. The fourth-order valence-corrected chi connectivity index (χ4v) is 4.11. The van der Waals surface area contributed by atoms with Gasteiger partial charge in [0.1, 0.15) is 0 Å². The van der Waals surface area contributed by atoms with Gasteiger partial charge in [0, 0.05) is 16.1 Å². The number of rotatable bonds is 6. The standard InChI is InChI=1S/C22H23ClF3N3OS/c1-21(12-3-13-31-2)14-29(28-19(21)15-4-8-17(23)9-5-15)20(30)27-18-10-6-16(7-11-18)22(24,25)26/h4-11H,3,12-14H2,1-2H3,(H,27,30). The van der Waals surface area contributed by atoms with Crippen molar-refractivity contribution in [3.05, 3.63) is 64.7 Å². The molecule has 31 heavy (non-hydrogen) atoms. The molecule has 0 spiro atoms. The van der Waals surface area contributed by atoms with Crippen LogP contribution in [0, 0.1) is 5.41 Å². The van der Waals surface area contributed by atoms with Crippen molar-refractivity contribution in [3.63, 3.8) is 0 Å². The third kappa shape index (κ3) is 5.74. The molecule has 1 unspecified atom stereocenters. The predicted molar refractivity (Wildman–Crippen MR) is 121 cm³/mol. The van der Waals surface area contributed by atoms with Crippen molar-refractivity contribution in [1.29, 1.82) is 0 Å². The van der Waals surface area contributed by atoms with Crippen molar-refractivity contribution >= 4 is 40.8 Å². The second-order valence-electron chi connectivity index (χ2n) is 7.68. The number of hydrazone groups is 1. The van der Waals surface area contributed by atoms with Crippen LogP contribution in [0.1, 0.15) is 30.9 Å². The van der Waals surface area contributed by atoms with Crippen LogP contribution in [0.5, 0.6) is 0 Å². The molecule has 2 aromatic carbocycles. The number of thioether (sulfide) groups is 1. The van der Waals surface area contributed by atoms with Gasteiger partial charge in [0.05, 0.1) is 17.8 Å². The van der Waals surface area contributed by atoms with E-state index >= 15 is 0 Å². The molecular weight excluding hydrogens is 447 g/mol. The second-order valence-corrected chi connectivity index (χ2v) is 9.10. The molecule has 1 N–H and O–H groups in total. The van der Waals surface area contributed by atoms with Gasteiger partial charge in [-0.25, -0.2) is 9.80 Å². The Bertz CT molecular complexity index is 948. The fraction of sp³-hybridized carbons (Fsp3) is 0.364. The molecule has 0 aromatic heterocycles.